The highest BCUT2D eigenvalue weighted by Gasteiger charge is 2.71. The zero-order valence-corrected chi connectivity index (χ0v) is 23.7. The molecule has 0 radical (unpaired) electrons. The van der Waals surface area contributed by atoms with Crippen LogP contribution >= 0.6 is 15.9 Å². The van der Waals surface area contributed by atoms with Crippen LogP contribution < -0.4 is 0 Å². The highest BCUT2D eigenvalue weighted by molar-refractivity contribution is 9.10. The van der Waals surface area contributed by atoms with Crippen LogP contribution in [0.3, 0.4) is 0 Å². The quantitative estimate of drug-likeness (QED) is 0.232. The third kappa shape index (κ3) is 4.38. The lowest BCUT2D eigenvalue weighted by Crippen LogP contribution is -2.60. The van der Waals surface area contributed by atoms with E-state index in [1.165, 1.54) is 14.2 Å². The number of ether oxygens (including phenoxy) is 2. The van der Waals surface area contributed by atoms with Crippen molar-refractivity contribution in [3.05, 3.63) is 70.2 Å². The van der Waals surface area contributed by atoms with Gasteiger partial charge in [0.15, 0.2) is 13.7 Å². The lowest BCUT2D eigenvalue weighted by Gasteiger charge is -2.49. The smallest absolute Gasteiger partial charge is 0.326 e. The number of esters is 2. The van der Waals surface area contributed by atoms with Crippen molar-refractivity contribution in [2.24, 2.45) is 5.41 Å². The molecular weight excluding hydrogens is 512 g/mol. The molecule has 34 heavy (non-hydrogen) atoms. The average Bonchev–Trinajstić information content (AvgIpc) is 3.14. The predicted octanol–water partition coefficient (Wildman–Crippen LogP) is 6.58. The van der Waals surface area contributed by atoms with Gasteiger partial charge in [-0.3, -0.25) is 9.59 Å². The van der Waals surface area contributed by atoms with Gasteiger partial charge in [-0.1, -0.05) is 79.2 Å². The van der Waals surface area contributed by atoms with Gasteiger partial charge in [0.25, 0.3) is 0 Å². The Kier molecular flexibility index (Phi) is 7.51. The van der Waals surface area contributed by atoms with Gasteiger partial charge in [-0.25, -0.2) is 0 Å². The zero-order chi connectivity index (χ0) is 25.4. The molecule has 2 aromatic rings. The maximum Gasteiger partial charge on any atom is 0.326 e. The Morgan fingerprint density at radius 1 is 0.912 bits per heavy atom. The molecule has 5 nitrogen and oxygen atoms in total. The number of rotatable bonds is 6. The van der Waals surface area contributed by atoms with Crippen LogP contribution in [0.15, 0.2) is 59.1 Å². The van der Waals surface area contributed by atoms with Crippen LogP contribution in [0.2, 0.25) is 18.1 Å². The fraction of sp³-hybridized carbons (Fsp3) is 0.481. The summed E-state index contributed by atoms with van der Waals surface area (Å²) in [6.45, 7) is 10.7. The van der Waals surface area contributed by atoms with Gasteiger partial charge in [0.05, 0.1) is 14.2 Å². The van der Waals surface area contributed by atoms with Crippen molar-refractivity contribution in [3.8, 4) is 0 Å². The van der Waals surface area contributed by atoms with Gasteiger partial charge < -0.3 is 13.9 Å². The summed E-state index contributed by atoms with van der Waals surface area (Å²) in [6.07, 6.45) is 0.687. The average molecular weight is 548 g/mol. The van der Waals surface area contributed by atoms with E-state index in [-0.39, 0.29) is 17.4 Å². The van der Waals surface area contributed by atoms with Crippen molar-refractivity contribution >= 4 is 36.2 Å². The molecule has 1 aliphatic carbocycles. The van der Waals surface area contributed by atoms with Crippen LogP contribution in [-0.2, 0) is 29.1 Å². The van der Waals surface area contributed by atoms with Crippen molar-refractivity contribution in [2.75, 3.05) is 14.2 Å². The zero-order valence-electron chi connectivity index (χ0n) is 21.1. The fourth-order valence-corrected chi connectivity index (χ4v) is 6.69. The van der Waals surface area contributed by atoms with Gasteiger partial charge in [-0.15, -0.1) is 0 Å². The van der Waals surface area contributed by atoms with E-state index in [4.69, 9.17) is 13.9 Å². The standard InChI is InChI=1S/C27H35BrO5Si/c1-25(2,3)34(6,7)33-27(21-11-9-8-10-12-21)18-20(19-13-15-22(28)16-14-19)17-26(27,23(29)31-4)24(30)32-5/h8-16,20H,17-18H2,1-7H3/t20-,27-/m1/s1. The topological polar surface area (TPSA) is 61.8 Å². The third-order valence-electron chi connectivity index (χ3n) is 7.66. The Labute approximate surface area is 212 Å². The maximum atomic E-state index is 13.7. The normalized spacial score (nSPS) is 22.3. The Bertz CT molecular complexity index is 1010. The van der Waals surface area contributed by atoms with E-state index >= 15 is 0 Å². The second-order valence-electron chi connectivity index (χ2n) is 10.6. The second kappa shape index (κ2) is 9.59. The maximum absolute atomic E-state index is 13.7. The fourth-order valence-electron chi connectivity index (χ4n) is 4.87. The Morgan fingerprint density at radius 3 is 1.91 bits per heavy atom. The molecule has 184 valence electrons. The molecule has 0 N–H and O–H groups in total. The summed E-state index contributed by atoms with van der Waals surface area (Å²) >= 11 is 3.50. The van der Waals surface area contributed by atoms with E-state index in [1.807, 2.05) is 54.6 Å². The van der Waals surface area contributed by atoms with E-state index in [1.54, 1.807) is 0 Å². The molecule has 1 fully saturated rings. The Morgan fingerprint density at radius 2 is 1.44 bits per heavy atom. The summed E-state index contributed by atoms with van der Waals surface area (Å²) in [5.41, 5.74) is -1.06. The molecule has 3 rings (SSSR count). The van der Waals surface area contributed by atoms with Crippen LogP contribution in [0.1, 0.15) is 50.7 Å². The van der Waals surface area contributed by atoms with Gasteiger partial charge >= 0.3 is 11.9 Å². The summed E-state index contributed by atoms with van der Waals surface area (Å²) in [6, 6.07) is 17.6. The van der Waals surface area contributed by atoms with Crippen LogP contribution in [0.5, 0.6) is 0 Å². The Balaban J connectivity index is 2.35. The summed E-state index contributed by atoms with van der Waals surface area (Å²) in [7, 11) is 0.149. The molecule has 2 atom stereocenters. The molecule has 0 bridgehead atoms. The molecular formula is C27H35BrO5Si. The highest BCUT2D eigenvalue weighted by atomic mass is 79.9. The summed E-state index contributed by atoms with van der Waals surface area (Å²) in [5.74, 6) is -1.36. The number of methoxy groups -OCH3 is 2. The minimum absolute atomic E-state index is 0.115. The predicted molar refractivity (Wildman–Crippen MR) is 139 cm³/mol. The molecule has 0 aliphatic heterocycles. The number of carbonyl (C=O) groups excluding carboxylic acids is 2. The Hall–Kier alpha value is -1.96. The molecule has 1 aliphatic rings. The number of benzene rings is 2. The minimum atomic E-state index is -2.49. The molecule has 2 aromatic carbocycles. The number of carbonyl (C=O) groups is 2. The molecule has 0 aromatic heterocycles. The lowest BCUT2D eigenvalue weighted by atomic mass is 9.70. The van der Waals surface area contributed by atoms with E-state index in [0.29, 0.717) is 6.42 Å². The monoisotopic (exact) mass is 546 g/mol. The van der Waals surface area contributed by atoms with Crippen LogP contribution in [-0.4, -0.2) is 34.5 Å². The van der Waals surface area contributed by atoms with Gasteiger partial charge in [0.1, 0.15) is 5.60 Å². The van der Waals surface area contributed by atoms with Gasteiger partial charge in [-0.05, 0) is 60.2 Å². The third-order valence-corrected chi connectivity index (χ3v) is 12.7. The number of hydrogen-bond acceptors (Lipinski definition) is 5. The van der Waals surface area contributed by atoms with Crippen molar-refractivity contribution < 1.29 is 23.5 Å². The highest BCUT2D eigenvalue weighted by Crippen LogP contribution is 2.63. The SMILES string of the molecule is COC(=O)C1(C(=O)OC)C[C@@H](c2ccc(Br)cc2)C[C@@]1(O[Si](C)(C)C(C)(C)C)c1ccccc1. The lowest BCUT2D eigenvalue weighted by molar-refractivity contribution is -0.186. The number of hydrogen-bond donors (Lipinski definition) is 0. The summed E-state index contributed by atoms with van der Waals surface area (Å²) in [4.78, 5) is 27.4. The van der Waals surface area contributed by atoms with E-state index < -0.39 is 31.3 Å². The first kappa shape index (κ1) is 26.6. The van der Waals surface area contributed by atoms with E-state index in [2.05, 4.69) is 49.8 Å². The summed E-state index contributed by atoms with van der Waals surface area (Å²) in [5, 5.41) is -0.150. The van der Waals surface area contributed by atoms with Crippen LogP contribution in [0.25, 0.3) is 0 Å². The second-order valence-corrected chi connectivity index (χ2v) is 16.2. The van der Waals surface area contributed by atoms with E-state index in [0.717, 1.165) is 15.6 Å². The van der Waals surface area contributed by atoms with Crippen molar-refractivity contribution in [3.63, 3.8) is 0 Å². The first-order chi connectivity index (χ1) is 15.8. The van der Waals surface area contributed by atoms with Gasteiger partial charge in [0.2, 0.25) is 0 Å². The minimum Gasteiger partial charge on any atom is -0.468 e. The molecule has 7 heteroatoms. The van der Waals surface area contributed by atoms with Crippen LogP contribution in [0, 0.1) is 5.41 Å². The van der Waals surface area contributed by atoms with Crippen molar-refractivity contribution in [1.82, 2.24) is 0 Å². The molecule has 0 saturated heterocycles. The number of halogens is 1. The largest absolute Gasteiger partial charge is 0.468 e. The summed E-state index contributed by atoms with van der Waals surface area (Å²) < 4.78 is 18.8. The van der Waals surface area contributed by atoms with Crippen LogP contribution in [0.4, 0.5) is 0 Å². The first-order valence-electron chi connectivity index (χ1n) is 11.5. The van der Waals surface area contributed by atoms with Crippen molar-refractivity contribution in [2.45, 2.75) is 63.3 Å². The molecule has 0 heterocycles. The molecule has 1 saturated carbocycles. The van der Waals surface area contributed by atoms with Gasteiger partial charge in [-0.2, -0.15) is 0 Å². The van der Waals surface area contributed by atoms with Crippen molar-refractivity contribution in [1.29, 1.82) is 0 Å². The molecule has 0 amide bonds. The first-order valence-corrected chi connectivity index (χ1v) is 15.2. The molecule has 0 unspecified atom stereocenters. The van der Waals surface area contributed by atoms with Gasteiger partial charge in [0, 0.05) is 4.47 Å². The van der Waals surface area contributed by atoms with E-state index in [9.17, 15) is 9.59 Å². The molecule has 0 spiro atoms.